The summed E-state index contributed by atoms with van der Waals surface area (Å²) in [5, 5.41) is 17.2. The van der Waals surface area contributed by atoms with Gasteiger partial charge in [-0.15, -0.1) is 0 Å². The van der Waals surface area contributed by atoms with Gasteiger partial charge in [0.25, 0.3) is 0 Å². The summed E-state index contributed by atoms with van der Waals surface area (Å²) in [6.07, 6.45) is 2.74. The molecular weight excluding hydrogens is 168 g/mol. The average molecular weight is 176 g/mol. The van der Waals surface area contributed by atoms with E-state index < -0.39 is 0 Å². The van der Waals surface area contributed by atoms with Gasteiger partial charge in [-0.05, 0) is 12.1 Å². The van der Waals surface area contributed by atoms with Crippen LogP contribution >= 0.6 is 0 Å². The first-order valence-electron chi connectivity index (χ1n) is 3.69. The largest absolute Gasteiger partial charge is 0.427 e. The van der Waals surface area contributed by atoms with Crippen LogP contribution in [0.3, 0.4) is 0 Å². The maximum atomic E-state index is 9.37. The molecular formula is C8H8N4O. The summed E-state index contributed by atoms with van der Waals surface area (Å²) in [5.41, 5.74) is 7.01. The quantitative estimate of drug-likeness (QED) is 0.398. The number of nitrogens with zero attached hydrogens (tertiary/aromatic N) is 2. The first-order valence-corrected chi connectivity index (χ1v) is 3.69. The van der Waals surface area contributed by atoms with Gasteiger partial charge in [0.2, 0.25) is 0 Å². The van der Waals surface area contributed by atoms with Gasteiger partial charge in [0.05, 0.1) is 11.0 Å². The van der Waals surface area contributed by atoms with Gasteiger partial charge in [-0.25, -0.2) is 4.98 Å². The van der Waals surface area contributed by atoms with Gasteiger partial charge in [0.15, 0.2) is 0 Å². The van der Waals surface area contributed by atoms with Crippen molar-refractivity contribution in [1.29, 1.82) is 5.41 Å². The Labute approximate surface area is 73.9 Å². The zero-order valence-electron chi connectivity index (χ0n) is 6.73. The summed E-state index contributed by atoms with van der Waals surface area (Å²) in [6, 6.07) is 3.15. The molecule has 0 aromatic heterocycles. The molecule has 66 valence electrons. The molecule has 0 aromatic carbocycles. The lowest BCUT2D eigenvalue weighted by Gasteiger charge is -2.10. The van der Waals surface area contributed by atoms with Crippen LogP contribution in [0.25, 0.3) is 11.3 Å². The lowest BCUT2D eigenvalue weighted by molar-refractivity contribution is 0.185. The van der Waals surface area contributed by atoms with Crippen LogP contribution in [0.2, 0.25) is 0 Å². The summed E-state index contributed by atoms with van der Waals surface area (Å²) in [5.74, 6) is 0. The Bertz CT molecular complexity index is 476. The van der Waals surface area contributed by atoms with Crippen LogP contribution in [0.5, 0.6) is 0 Å². The topological polar surface area (TPSA) is 87.9 Å². The summed E-state index contributed by atoms with van der Waals surface area (Å²) < 4.78 is 0.822. The Balaban J connectivity index is 2.96. The summed E-state index contributed by atoms with van der Waals surface area (Å²) in [4.78, 5) is 3.75. The van der Waals surface area contributed by atoms with E-state index in [1.54, 1.807) is 12.1 Å². The number of benzene rings is 1. The van der Waals surface area contributed by atoms with Gasteiger partial charge >= 0.3 is 0 Å². The number of hydrogen-bond acceptors (Lipinski definition) is 4. The summed E-state index contributed by atoms with van der Waals surface area (Å²) in [7, 11) is 0. The van der Waals surface area contributed by atoms with Crippen molar-refractivity contribution in [3.05, 3.63) is 30.0 Å². The number of hydrogen-bond donors (Lipinski definition) is 3. The molecule has 5 heteroatoms. The fraction of sp³-hybridized carbons (Fsp3) is 0. The maximum Gasteiger partial charge on any atom is 0.132 e. The number of fused-ring (bicyclic) bond motifs is 1. The Morgan fingerprint density at radius 1 is 1.46 bits per heavy atom. The highest BCUT2D eigenvalue weighted by atomic mass is 16.5. The molecule has 5 nitrogen and oxygen atoms in total. The van der Waals surface area contributed by atoms with E-state index >= 15 is 0 Å². The van der Waals surface area contributed by atoms with Crippen LogP contribution < -0.4 is 11.1 Å². The van der Waals surface area contributed by atoms with Crippen LogP contribution in [0.1, 0.15) is 0 Å². The lowest BCUT2D eigenvalue weighted by atomic mass is 10.1. The lowest BCUT2D eigenvalue weighted by Crippen LogP contribution is -2.13. The fourth-order valence-corrected chi connectivity index (χ4v) is 1.24. The van der Waals surface area contributed by atoms with Crippen molar-refractivity contribution in [2.24, 2.45) is 0 Å². The summed E-state index contributed by atoms with van der Waals surface area (Å²) >= 11 is 0. The van der Waals surface area contributed by atoms with Crippen molar-refractivity contribution in [3.63, 3.8) is 0 Å². The molecule has 0 unspecified atom stereocenters. The molecule has 0 bridgehead atoms. The highest BCUT2D eigenvalue weighted by Gasteiger charge is 2.10. The number of anilines is 1. The van der Waals surface area contributed by atoms with E-state index in [1.807, 2.05) is 0 Å². The molecule has 13 heavy (non-hydrogen) atoms. The van der Waals surface area contributed by atoms with Gasteiger partial charge in [0, 0.05) is 11.8 Å². The molecule has 4 N–H and O–H groups in total. The van der Waals surface area contributed by atoms with Crippen LogP contribution in [0.15, 0.2) is 24.7 Å². The summed E-state index contributed by atoms with van der Waals surface area (Å²) in [6.45, 7) is 0. The predicted molar refractivity (Wildman–Crippen MR) is 46.3 cm³/mol. The zero-order chi connectivity index (χ0) is 9.42. The monoisotopic (exact) mass is 176 g/mol. The maximum absolute atomic E-state index is 9.37. The van der Waals surface area contributed by atoms with Gasteiger partial charge in [-0.3, -0.25) is 0 Å². The van der Waals surface area contributed by atoms with Gasteiger partial charge in [0.1, 0.15) is 12.0 Å². The first kappa shape index (κ1) is 7.60. The minimum Gasteiger partial charge on any atom is -0.427 e. The number of nitrogens with one attached hydrogen (secondary N) is 1. The predicted octanol–water partition coefficient (Wildman–Crippen LogP) is 0.287. The second-order valence-electron chi connectivity index (χ2n) is 2.70. The van der Waals surface area contributed by atoms with Gasteiger partial charge < -0.3 is 16.4 Å². The molecule has 0 amide bonds. The zero-order valence-corrected chi connectivity index (χ0v) is 6.73. The Morgan fingerprint density at radius 3 is 2.92 bits per heavy atom. The van der Waals surface area contributed by atoms with Crippen LogP contribution in [0.4, 0.5) is 5.69 Å². The van der Waals surface area contributed by atoms with Crippen molar-refractivity contribution in [2.45, 2.75) is 0 Å². The van der Waals surface area contributed by atoms with E-state index in [4.69, 9.17) is 11.1 Å². The Kier molecular flexibility index (Phi) is 1.45. The molecule has 0 atom stereocenters. The highest BCUT2D eigenvalue weighted by Crippen LogP contribution is 2.21. The van der Waals surface area contributed by atoms with Crippen LogP contribution in [0, 0.1) is 5.41 Å². The minimum atomic E-state index is 0.292. The van der Waals surface area contributed by atoms with E-state index in [9.17, 15) is 5.21 Å². The van der Waals surface area contributed by atoms with E-state index in [2.05, 4.69) is 4.98 Å². The second kappa shape index (κ2) is 2.48. The Hall–Kier alpha value is -2.04. The SMILES string of the molecule is N=c1ccc(N)c2n(O)cncc1-2. The van der Waals surface area contributed by atoms with Crippen LogP contribution in [-0.4, -0.2) is 14.9 Å². The van der Waals surface area contributed by atoms with Gasteiger partial charge in [-0.2, -0.15) is 4.73 Å². The van der Waals surface area contributed by atoms with E-state index in [0.29, 0.717) is 22.3 Å². The molecule has 0 saturated heterocycles. The molecule has 0 saturated carbocycles. The Morgan fingerprint density at radius 2 is 2.23 bits per heavy atom. The minimum absolute atomic E-state index is 0.292. The third-order valence-corrected chi connectivity index (χ3v) is 1.86. The molecule has 0 fully saturated rings. The van der Waals surface area contributed by atoms with Crippen molar-refractivity contribution in [2.75, 3.05) is 5.73 Å². The van der Waals surface area contributed by atoms with Crippen molar-refractivity contribution in [1.82, 2.24) is 9.71 Å². The molecule has 1 aliphatic heterocycles. The molecule has 1 aliphatic carbocycles. The number of aromatic nitrogens is 2. The van der Waals surface area contributed by atoms with E-state index in [0.717, 1.165) is 4.73 Å². The number of rotatable bonds is 0. The van der Waals surface area contributed by atoms with E-state index in [1.165, 1.54) is 12.5 Å². The molecule has 0 spiro atoms. The van der Waals surface area contributed by atoms with Crippen molar-refractivity contribution < 1.29 is 5.21 Å². The third-order valence-electron chi connectivity index (χ3n) is 1.86. The normalized spacial score (nSPS) is 10.5. The molecule has 1 heterocycles. The standard InChI is InChI=1S/C8H8N4O/c9-6-1-2-7(10)8-5(6)3-11-4-12(8)13/h1-4,9,13H,10H2. The van der Waals surface area contributed by atoms with Crippen molar-refractivity contribution in [3.8, 4) is 11.3 Å². The molecule has 0 aromatic rings. The number of nitrogen functional groups attached to an aromatic ring is 1. The molecule has 0 radical (unpaired) electrons. The third kappa shape index (κ3) is 1.01. The van der Waals surface area contributed by atoms with E-state index in [-0.39, 0.29) is 0 Å². The first-order chi connectivity index (χ1) is 6.20. The second-order valence-corrected chi connectivity index (χ2v) is 2.70. The number of nitrogens with two attached hydrogens (primary N) is 1. The van der Waals surface area contributed by atoms with Gasteiger partial charge in [-0.1, -0.05) is 0 Å². The van der Waals surface area contributed by atoms with Crippen molar-refractivity contribution >= 4 is 5.69 Å². The average Bonchev–Trinajstić information content (AvgIpc) is 2.12. The molecule has 2 rings (SSSR count). The highest BCUT2D eigenvalue weighted by molar-refractivity contribution is 5.72. The molecule has 2 aliphatic rings. The smallest absolute Gasteiger partial charge is 0.132 e. The van der Waals surface area contributed by atoms with Crippen LogP contribution in [-0.2, 0) is 0 Å². The fourth-order valence-electron chi connectivity index (χ4n) is 1.24.